The molecule has 0 saturated carbocycles. The predicted molar refractivity (Wildman–Crippen MR) is 82.6 cm³/mol. The van der Waals surface area contributed by atoms with Crippen LogP contribution in [0.25, 0.3) is 0 Å². The van der Waals surface area contributed by atoms with Crippen molar-refractivity contribution in [2.75, 3.05) is 19.0 Å². The Balaban J connectivity index is 2.44. The maximum Gasteiger partial charge on any atom is 0.338 e. The van der Waals surface area contributed by atoms with Crippen LogP contribution in [0.5, 0.6) is 0 Å². The lowest BCUT2D eigenvalue weighted by Crippen LogP contribution is -2.12. The van der Waals surface area contributed by atoms with Gasteiger partial charge in [-0.05, 0) is 31.5 Å². The Hall–Kier alpha value is -2.02. The monoisotopic (exact) mass is 323 g/mol. The Labute approximate surface area is 132 Å². The molecule has 1 aliphatic rings. The number of hydrogen-bond acceptors (Lipinski definition) is 6. The van der Waals surface area contributed by atoms with Crippen molar-refractivity contribution in [1.29, 1.82) is 0 Å². The van der Waals surface area contributed by atoms with E-state index >= 15 is 0 Å². The van der Waals surface area contributed by atoms with Crippen LogP contribution < -0.4 is 0 Å². The molecule has 0 atom stereocenters. The van der Waals surface area contributed by atoms with Gasteiger partial charge in [0.2, 0.25) is 0 Å². The molecule has 118 valence electrons. The highest BCUT2D eigenvalue weighted by Gasteiger charge is 2.22. The quantitative estimate of drug-likeness (QED) is 0.639. The zero-order chi connectivity index (χ0) is 16.1. The second-order valence-electron chi connectivity index (χ2n) is 4.64. The van der Waals surface area contributed by atoms with Crippen LogP contribution in [0, 0.1) is 6.92 Å². The zero-order valence-corrected chi connectivity index (χ0v) is 13.2. The van der Waals surface area contributed by atoms with Gasteiger partial charge in [0.25, 0.3) is 0 Å². The van der Waals surface area contributed by atoms with Crippen LogP contribution in [0.2, 0.25) is 0 Å². The molecule has 0 amide bonds. The minimum atomic E-state index is -0.896. The van der Waals surface area contributed by atoms with Crippen LogP contribution in [0.3, 0.4) is 0 Å². The van der Waals surface area contributed by atoms with Gasteiger partial charge in [0.05, 0.1) is 23.6 Å². The lowest BCUT2D eigenvalue weighted by atomic mass is 9.97. The topological polar surface area (TPSA) is 85.2 Å². The molecule has 1 aromatic rings. The average molecular weight is 323 g/mol. The fourth-order valence-corrected chi connectivity index (χ4v) is 3.08. The van der Waals surface area contributed by atoms with Gasteiger partial charge in [-0.3, -0.25) is 4.79 Å². The lowest BCUT2D eigenvalue weighted by molar-refractivity contribution is -0.133. The normalized spacial score (nSPS) is 13.5. The van der Waals surface area contributed by atoms with Crippen LogP contribution in [0.4, 0.5) is 0 Å². The molecule has 1 aliphatic heterocycles. The maximum atomic E-state index is 12.0. The number of carboxylic acids is 1. The van der Waals surface area contributed by atoms with Crippen molar-refractivity contribution in [3.8, 4) is 0 Å². The van der Waals surface area contributed by atoms with Crippen molar-refractivity contribution in [2.24, 2.45) is 5.16 Å². The Morgan fingerprint density at radius 1 is 1.45 bits per heavy atom. The molecule has 0 bridgehead atoms. The van der Waals surface area contributed by atoms with Gasteiger partial charge in [0, 0.05) is 16.9 Å². The zero-order valence-electron chi connectivity index (χ0n) is 12.4. The number of carboxylic acid groups (broad SMARTS) is 1. The SMILES string of the molecule is CCOC(=O)c1ccc(SCC(=O)O)c(C2=NOCC2)c1C. The van der Waals surface area contributed by atoms with E-state index in [4.69, 9.17) is 14.7 Å². The Morgan fingerprint density at radius 2 is 2.23 bits per heavy atom. The first-order valence-corrected chi connectivity index (χ1v) is 7.87. The largest absolute Gasteiger partial charge is 0.481 e. The second kappa shape index (κ2) is 7.31. The number of carbonyl (C=O) groups is 2. The number of benzene rings is 1. The van der Waals surface area contributed by atoms with Crippen LogP contribution in [-0.2, 0) is 14.4 Å². The van der Waals surface area contributed by atoms with Crippen molar-refractivity contribution < 1.29 is 24.3 Å². The summed E-state index contributed by atoms with van der Waals surface area (Å²) in [7, 11) is 0. The summed E-state index contributed by atoms with van der Waals surface area (Å²) in [4.78, 5) is 28.6. The number of ether oxygens (including phenoxy) is 1. The van der Waals surface area contributed by atoms with E-state index in [-0.39, 0.29) is 5.75 Å². The van der Waals surface area contributed by atoms with Gasteiger partial charge in [-0.25, -0.2) is 4.79 Å². The molecule has 0 unspecified atom stereocenters. The van der Waals surface area contributed by atoms with E-state index < -0.39 is 11.9 Å². The smallest absolute Gasteiger partial charge is 0.338 e. The minimum absolute atomic E-state index is 0.0562. The van der Waals surface area contributed by atoms with Gasteiger partial charge in [0.15, 0.2) is 0 Å². The number of rotatable bonds is 6. The minimum Gasteiger partial charge on any atom is -0.481 e. The molecule has 0 spiro atoms. The molecule has 1 heterocycles. The predicted octanol–water partition coefficient (Wildman–Crippen LogP) is 2.47. The van der Waals surface area contributed by atoms with Crippen LogP contribution >= 0.6 is 11.8 Å². The fourth-order valence-electron chi connectivity index (χ4n) is 2.22. The van der Waals surface area contributed by atoms with Crippen molar-refractivity contribution in [1.82, 2.24) is 0 Å². The average Bonchev–Trinajstić information content (AvgIpc) is 2.99. The maximum absolute atomic E-state index is 12.0. The summed E-state index contributed by atoms with van der Waals surface area (Å²) in [6.45, 7) is 4.35. The van der Waals surface area contributed by atoms with E-state index in [9.17, 15) is 9.59 Å². The van der Waals surface area contributed by atoms with Gasteiger partial charge in [-0.2, -0.15) is 0 Å². The highest BCUT2D eigenvalue weighted by atomic mass is 32.2. The van der Waals surface area contributed by atoms with E-state index in [0.717, 1.165) is 21.7 Å². The first-order valence-electron chi connectivity index (χ1n) is 6.89. The summed E-state index contributed by atoms with van der Waals surface area (Å²) >= 11 is 1.20. The number of thioether (sulfide) groups is 1. The van der Waals surface area contributed by atoms with Crippen molar-refractivity contribution >= 4 is 29.4 Å². The van der Waals surface area contributed by atoms with Gasteiger partial charge >= 0.3 is 11.9 Å². The van der Waals surface area contributed by atoms with Crippen LogP contribution in [-0.4, -0.2) is 41.7 Å². The number of esters is 1. The molecule has 0 aliphatic carbocycles. The molecule has 7 heteroatoms. The van der Waals surface area contributed by atoms with Gasteiger partial charge in [0.1, 0.15) is 6.61 Å². The van der Waals surface area contributed by atoms with Gasteiger partial charge in [-0.1, -0.05) is 5.16 Å². The third kappa shape index (κ3) is 3.59. The van der Waals surface area contributed by atoms with Gasteiger partial charge < -0.3 is 14.7 Å². The molecule has 6 nitrogen and oxygen atoms in total. The third-order valence-electron chi connectivity index (χ3n) is 3.17. The summed E-state index contributed by atoms with van der Waals surface area (Å²) in [5, 5.41) is 12.9. The highest BCUT2D eigenvalue weighted by Crippen LogP contribution is 2.30. The third-order valence-corrected chi connectivity index (χ3v) is 4.21. The summed E-state index contributed by atoms with van der Waals surface area (Å²) in [6, 6.07) is 3.40. The van der Waals surface area contributed by atoms with E-state index in [1.807, 2.05) is 6.92 Å². The van der Waals surface area contributed by atoms with E-state index in [1.54, 1.807) is 19.1 Å². The lowest BCUT2D eigenvalue weighted by Gasteiger charge is -2.14. The number of nitrogens with zero attached hydrogens (tertiary/aromatic N) is 1. The molecule has 0 saturated heterocycles. The molecule has 1 N–H and O–H groups in total. The summed E-state index contributed by atoms with van der Waals surface area (Å²) in [6.07, 6.45) is 0.633. The van der Waals surface area contributed by atoms with Crippen molar-refractivity contribution in [2.45, 2.75) is 25.2 Å². The van der Waals surface area contributed by atoms with Crippen LogP contribution in [0.1, 0.15) is 34.8 Å². The highest BCUT2D eigenvalue weighted by molar-refractivity contribution is 8.00. The second-order valence-corrected chi connectivity index (χ2v) is 5.65. The molecular formula is C15H17NO5S. The van der Waals surface area contributed by atoms with Crippen molar-refractivity contribution in [3.05, 3.63) is 28.8 Å². The molecule has 0 fully saturated rings. The number of oxime groups is 1. The molecular weight excluding hydrogens is 306 g/mol. The summed E-state index contributed by atoms with van der Waals surface area (Å²) < 4.78 is 5.05. The molecule has 0 aromatic heterocycles. The molecule has 22 heavy (non-hydrogen) atoms. The fraction of sp³-hybridized carbons (Fsp3) is 0.400. The first-order chi connectivity index (χ1) is 10.5. The Kier molecular flexibility index (Phi) is 5.43. The Morgan fingerprint density at radius 3 is 2.82 bits per heavy atom. The van der Waals surface area contributed by atoms with Gasteiger partial charge in [-0.15, -0.1) is 11.8 Å². The van der Waals surface area contributed by atoms with Crippen LogP contribution in [0.15, 0.2) is 22.2 Å². The summed E-state index contributed by atoms with van der Waals surface area (Å²) in [5.41, 5.74) is 2.70. The number of hydrogen-bond donors (Lipinski definition) is 1. The van der Waals surface area contributed by atoms with E-state index in [1.165, 1.54) is 11.8 Å². The Bertz CT molecular complexity index is 627. The standard InChI is InChI=1S/C15H17NO5S/c1-3-20-15(19)10-4-5-12(22-8-13(17)18)14(9(10)2)11-6-7-21-16-11/h4-5H,3,6-8H2,1-2H3,(H,17,18). The molecule has 1 aromatic carbocycles. The van der Waals surface area contributed by atoms with E-state index in [2.05, 4.69) is 5.16 Å². The first kappa shape index (κ1) is 16.4. The number of carbonyl (C=O) groups excluding carboxylic acids is 1. The van der Waals surface area contributed by atoms with Crippen molar-refractivity contribution in [3.63, 3.8) is 0 Å². The number of aliphatic carboxylic acids is 1. The molecule has 0 radical (unpaired) electrons. The van der Waals surface area contributed by atoms with E-state index in [0.29, 0.717) is 25.2 Å². The molecule has 2 rings (SSSR count). The summed E-state index contributed by atoms with van der Waals surface area (Å²) in [5.74, 6) is -1.34.